The van der Waals surface area contributed by atoms with Crippen molar-refractivity contribution in [3.05, 3.63) is 70.4 Å². The maximum Gasteiger partial charge on any atom is 0.248 e. The molecule has 0 saturated heterocycles. The van der Waals surface area contributed by atoms with Crippen LogP contribution in [0.5, 0.6) is 11.5 Å². The molecule has 0 fully saturated rings. The number of hydrogen-bond acceptors (Lipinski definition) is 7. The summed E-state index contributed by atoms with van der Waals surface area (Å²) in [4.78, 5) is 17.2. The number of carbonyl (C=O) groups excluding carboxylic acids is 1. The van der Waals surface area contributed by atoms with Gasteiger partial charge < -0.3 is 20.5 Å². The molecule has 0 aliphatic carbocycles. The summed E-state index contributed by atoms with van der Waals surface area (Å²) in [6.45, 7) is 8.86. The summed E-state index contributed by atoms with van der Waals surface area (Å²) in [5.74, 6) is 2.23. The zero-order valence-electron chi connectivity index (χ0n) is 21.2. The molecule has 1 unspecified atom stereocenters. The van der Waals surface area contributed by atoms with Gasteiger partial charge in [0, 0.05) is 11.4 Å². The molecule has 1 aliphatic rings. The van der Waals surface area contributed by atoms with Gasteiger partial charge in [-0.15, -0.1) is 5.10 Å². The fourth-order valence-electron chi connectivity index (χ4n) is 4.06. The lowest BCUT2D eigenvalue weighted by atomic mass is 9.95. The molecular weight excluding hydrogens is 474 g/mol. The average Bonchev–Trinajstić information content (AvgIpc) is 3.25. The highest BCUT2D eigenvalue weighted by Crippen LogP contribution is 2.39. The van der Waals surface area contributed by atoms with Gasteiger partial charge in [0.2, 0.25) is 17.0 Å². The van der Waals surface area contributed by atoms with Crippen molar-refractivity contribution in [3.63, 3.8) is 0 Å². The maximum absolute atomic E-state index is 12.5. The third kappa shape index (κ3) is 5.67. The smallest absolute Gasteiger partial charge is 0.248 e. The highest BCUT2D eigenvalue weighted by molar-refractivity contribution is 7.99. The Hall–Kier alpha value is -3.46. The number of anilines is 1. The second-order valence-electron chi connectivity index (χ2n) is 8.71. The minimum atomic E-state index is -0.530. The topological polar surface area (TPSA) is 104 Å². The minimum Gasteiger partial charge on any atom is -0.490 e. The van der Waals surface area contributed by atoms with Gasteiger partial charge in [-0.1, -0.05) is 61.0 Å². The molecule has 0 saturated carbocycles. The van der Waals surface area contributed by atoms with Crippen molar-refractivity contribution in [2.24, 2.45) is 5.73 Å². The van der Waals surface area contributed by atoms with Gasteiger partial charge in [-0.3, -0.25) is 4.79 Å². The van der Waals surface area contributed by atoms with E-state index in [4.69, 9.17) is 20.3 Å². The summed E-state index contributed by atoms with van der Waals surface area (Å²) in [7, 11) is 0. The molecule has 190 valence electrons. The van der Waals surface area contributed by atoms with Crippen LogP contribution in [-0.2, 0) is 11.4 Å². The highest BCUT2D eigenvalue weighted by Gasteiger charge is 2.34. The highest BCUT2D eigenvalue weighted by atomic mass is 32.2. The number of nitrogens with zero attached hydrogens (tertiary/aromatic N) is 3. The van der Waals surface area contributed by atoms with Crippen molar-refractivity contribution in [1.82, 2.24) is 14.8 Å². The first-order valence-electron chi connectivity index (χ1n) is 12.2. The number of carbonyl (C=O) groups is 1. The van der Waals surface area contributed by atoms with Crippen LogP contribution in [0.25, 0.3) is 0 Å². The molecule has 2 heterocycles. The lowest BCUT2D eigenvalue weighted by Gasteiger charge is -2.28. The lowest BCUT2D eigenvalue weighted by molar-refractivity contribution is -0.115. The summed E-state index contributed by atoms with van der Waals surface area (Å²) in [6.07, 6.45) is 2.18. The zero-order valence-corrected chi connectivity index (χ0v) is 22.0. The molecule has 0 spiro atoms. The molecule has 1 amide bonds. The van der Waals surface area contributed by atoms with E-state index in [1.54, 1.807) is 16.4 Å². The molecule has 1 aliphatic heterocycles. The van der Waals surface area contributed by atoms with E-state index in [1.165, 1.54) is 5.56 Å². The van der Waals surface area contributed by atoms with Gasteiger partial charge >= 0.3 is 0 Å². The number of primary amides is 1. The van der Waals surface area contributed by atoms with Gasteiger partial charge in [0.05, 0.1) is 12.2 Å². The van der Waals surface area contributed by atoms with E-state index in [-0.39, 0.29) is 0 Å². The predicted molar refractivity (Wildman–Crippen MR) is 142 cm³/mol. The van der Waals surface area contributed by atoms with Gasteiger partial charge in [0.25, 0.3) is 0 Å². The lowest BCUT2D eigenvalue weighted by Crippen LogP contribution is -2.31. The molecule has 2 aromatic carbocycles. The normalized spacial score (nSPS) is 14.8. The molecule has 8 nitrogen and oxygen atoms in total. The van der Waals surface area contributed by atoms with Gasteiger partial charge in [-0.05, 0) is 50.5 Å². The number of aryl methyl sites for hydroxylation is 1. The minimum absolute atomic E-state index is 0.421. The van der Waals surface area contributed by atoms with Crippen molar-refractivity contribution in [3.8, 4) is 11.5 Å². The summed E-state index contributed by atoms with van der Waals surface area (Å²) < 4.78 is 13.8. The number of aromatic nitrogens is 3. The first-order valence-corrected chi connectivity index (χ1v) is 13.2. The van der Waals surface area contributed by atoms with Crippen molar-refractivity contribution in [1.29, 1.82) is 0 Å². The summed E-state index contributed by atoms with van der Waals surface area (Å²) in [6, 6.07) is 13.4. The fraction of sp³-hybridized carbons (Fsp3) is 0.370. The number of benzene rings is 2. The SMILES string of the molecule is CCCCSc1nc2n(n1)C(c1ccc(OCc3ccc(C)cc3)c(OCC)c1)C(C(N)=O)=C(C)N2. The molecule has 9 heteroatoms. The first kappa shape index (κ1) is 25.6. The van der Waals surface area contributed by atoms with E-state index in [0.29, 0.717) is 47.1 Å². The average molecular weight is 508 g/mol. The monoisotopic (exact) mass is 507 g/mol. The van der Waals surface area contributed by atoms with E-state index < -0.39 is 11.9 Å². The standard InChI is InChI=1S/C27H33N5O3S/c1-5-7-14-36-27-30-26-29-18(4)23(25(28)33)24(32(26)31-27)20-12-13-21(22(15-20)34-6-2)35-16-19-10-8-17(3)9-11-19/h8-13,15,24H,5-7,14,16H2,1-4H3,(H2,28,33)(H,29,30,31). The quantitative estimate of drug-likeness (QED) is 0.270. The Bertz CT molecular complexity index is 1250. The van der Waals surface area contributed by atoms with E-state index in [9.17, 15) is 4.79 Å². The number of allylic oxidation sites excluding steroid dienone is 1. The van der Waals surface area contributed by atoms with Crippen LogP contribution in [0.4, 0.5) is 5.95 Å². The van der Waals surface area contributed by atoms with Gasteiger partial charge in [-0.25, -0.2) is 4.68 Å². The Morgan fingerprint density at radius 3 is 2.58 bits per heavy atom. The molecule has 1 aromatic heterocycles. The molecule has 1 atom stereocenters. The van der Waals surface area contributed by atoms with Gasteiger partial charge in [0.1, 0.15) is 12.6 Å². The summed E-state index contributed by atoms with van der Waals surface area (Å²) >= 11 is 1.60. The number of fused-ring (bicyclic) bond motifs is 1. The molecule has 4 rings (SSSR count). The van der Waals surface area contributed by atoms with Crippen LogP contribution >= 0.6 is 11.8 Å². The van der Waals surface area contributed by atoms with Crippen LogP contribution in [0.2, 0.25) is 0 Å². The number of unbranched alkanes of at least 4 members (excludes halogenated alkanes) is 1. The number of thioether (sulfide) groups is 1. The predicted octanol–water partition coefficient (Wildman–Crippen LogP) is 5.23. The van der Waals surface area contributed by atoms with Crippen LogP contribution in [0.3, 0.4) is 0 Å². The Morgan fingerprint density at radius 1 is 1.11 bits per heavy atom. The molecule has 3 N–H and O–H groups in total. The molecule has 0 bridgehead atoms. The van der Waals surface area contributed by atoms with Crippen molar-refractivity contribution in [2.45, 2.75) is 58.3 Å². The fourth-order valence-corrected chi connectivity index (χ4v) is 4.97. The van der Waals surface area contributed by atoms with E-state index in [0.717, 1.165) is 29.7 Å². The third-order valence-corrected chi connectivity index (χ3v) is 6.85. The largest absolute Gasteiger partial charge is 0.490 e. The van der Waals surface area contributed by atoms with Crippen molar-refractivity contribution >= 4 is 23.6 Å². The molecule has 36 heavy (non-hydrogen) atoms. The molecule has 0 radical (unpaired) electrons. The van der Waals surface area contributed by atoms with Crippen LogP contribution in [-0.4, -0.2) is 33.0 Å². The Morgan fingerprint density at radius 2 is 1.89 bits per heavy atom. The second kappa shape index (κ2) is 11.5. The number of hydrogen-bond donors (Lipinski definition) is 2. The van der Waals surface area contributed by atoms with Crippen LogP contribution in [0.15, 0.2) is 58.9 Å². The van der Waals surface area contributed by atoms with Crippen molar-refractivity contribution < 1.29 is 14.3 Å². The second-order valence-corrected chi connectivity index (χ2v) is 9.77. The van der Waals surface area contributed by atoms with E-state index >= 15 is 0 Å². The van der Waals surface area contributed by atoms with Gasteiger partial charge in [-0.2, -0.15) is 4.98 Å². The van der Waals surface area contributed by atoms with E-state index in [2.05, 4.69) is 36.3 Å². The number of rotatable bonds is 11. The van der Waals surface area contributed by atoms with Crippen LogP contribution < -0.4 is 20.5 Å². The van der Waals surface area contributed by atoms with Crippen LogP contribution in [0, 0.1) is 6.92 Å². The molecular formula is C27H33N5O3S. The maximum atomic E-state index is 12.5. The zero-order chi connectivity index (χ0) is 25.7. The van der Waals surface area contributed by atoms with Crippen LogP contribution in [0.1, 0.15) is 56.3 Å². The Balaban J connectivity index is 1.68. The number of amides is 1. The number of ether oxygens (including phenoxy) is 2. The third-order valence-electron chi connectivity index (χ3n) is 5.93. The number of nitrogens with one attached hydrogen (secondary N) is 1. The summed E-state index contributed by atoms with van der Waals surface area (Å²) in [5, 5.41) is 8.58. The number of nitrogens with two attached hydrogens (primary N) is 1. The Labute approximate surface area is 216 Å². The van der Waals surface area contributed by atoms with Crippen molar-refractivity contribution in [2.75, 3.05) is 17.7 Å². The summed E-state index contributed by atoms with van der Waals surface area (Å²) in [5.41, 5.74) is 10.0. The van der Waals surface area contributed by atoms with E-state index in [1.807, 2.05) is 44.2 Å². The Kier molecular flexibility index (Phi) is 8.20. The first-order chi connectivity index (χ1) is 17.4. The van der Waals surface area contributed by atoms with Gasteiger partial charge in [0.15, 0.2) is 11.5 Å². The molecule has 3 aromatic rings.